The summed E-state index contributed by atoms with van der Waals surface area (Å²) in [7, 11) is 1.42. The van der Waals surface area contributed by atoms with Crippen LogP contribution in [0.2, 0.25) is 5.02 Å². The zero-order valence-corrected chi connectivity index (χ0v) is 24.8. The molecule has 12 heteroatoms. The molecular weight excluding hydrogens is 597 g/mol. The SMILES string of the molecule is COc1cc(C(=O)NCC(c2cc(C(C)(C)NCCCl)cc(-c3ccc(F)c(Cl)c3)n2)C(F)(F)F)ccc1OC1CC1. The molecule has 0 radical (unpaired) electrons. The molecule has 1 fully saturated rings. The minimum atomic E-state index is -4.76. The summed E-state index contributed by atoms with van der Waals surface area (Å²) in [6.45, 7) is 3.22. The molecule has 1 amide bonds. The summed E-state index contributed by atoms with van der Waals surface area (Å²) in [5, 5.41) is 5.42. The summed E-state index contributed by atoms with van der Waals surface area (Å²) in [5.41, 5.74) is -0.00624. The maximum absolute atomic E-state index is 14.5. The van der Waals surface area contributed by atoms with Gasteiger partial charge in [-0.25, -0.2) is 4.39 Å². The van der Waals surface area contributed by atoms with Crippen molar-refractivity contribution in [3.8, 4) is 22.8 Å². The highest BCUT2D eigenvalue weighted by atomic mass is 35.5. The van der Waals surface area contributed by atoms with Crippen molar-refractivity contribution in [1.82, 2.24) is 15.6 Å². The van der Waals surface area contributed by atoms with Gasteiger partial charge < -0.3 is 20.1 Å². The maximum Gasteiger partial charge on any atom is 0.398 e. The van der Waals surface area contributed by atoms with Crippen LogP contribution in [0.4, 0.5) is 17.6 Å². The fraction of sp³-hybridized carbons (Fsp3) is 0.400. The van der Waals surface area contributed by atoms with Gasteiger partial charge in [0.1, 0.15) is 11.7 Å². The molecule has 0 saturated heterocycles. The Bertz CT molecular complexity index is 1430. The van der Waals surface area contributed by atoms with Crippen molar-refractivity contribution >= 4 is 29.1 Å². The second-order valence-corrected chi connectivity index (χ2v) is 11.3. The van der Waals surface area contributed by atoms with Crippen molar-refractivity contribution in [3.05, 3.63) is 76.2 Å². The third kappa shape index (κ3) is 7.85. The lowest BCUT2D eigenvalue weighted by Gasteiger charge is -2.29. The number of alkyl halides is 4. The van der Waals surface area contributed by atoms with Crippen LogP contribution in [0.1, 0.15) is 54.2 Å². The minimum Gasteiger partial charge on any atom is -0.493 e. The third-order valence-corrected chi connectivity index (χ3v) is 7.38. The van der Waals surface area contributed by atoms with Gasteiger partial charge in [-0.1, -0.05) is 11.6 Å². The van der Waals surface area contributed by atoms with Crippen molar-refractivity contribution < 1.29 is 31.8 Å². The van der Waals surface area contributed by atoms with Crippen LogP contribution in [0.25, 0.3) is 11.3 Å². The lowest BCUT2D eigenvalue weighted by atomic mass is 9.90. The van der Waals surface area contributed by atoms with Crippen LogP contribution in [0.15, 0.2) is 48.5 Å². The predicted octanol–water partition coefficient (Wildman–Crippen LogP) is 7.23. The Morgan fingerprint density at radius 3 is 2.45 bits per heavy atom. The van der Waals surface area contributed by atoms with Crippen LogP contribution in [0.3, 0.4) is 0 Å². The van der Waals surface area contributed by atoms with Crippen molar-refractivity contribution in [2.24, 2.45) is 0 Å². The fourth-order valence-electron chi connectivity index (χ4n) is 4.31. The number of pyridine rings is 1. The lowest BCUT2D eigenvalue weighted by Crippen LogP contribution is -2.39. The Labute approximate surface area is 251 Å². The van der Waals surface area contributed by atoms with E-state index in [-0.39, 0.29) is 34.0 Å². The lowest BCUT2D eigenvalue weighted by molar-refractivity contribution is -0.149. The van der Waals surface area contributed by atoms with Gasteiger partial charge in [0, 0.05) is 35.6 Å². The zero-order chi connectivity index (χ0) is 30.7. The molecule has 1 atom stereocenters. The molecule has 42 heavy (non-hydrogen) atoms. The van der Waals surface area contributed by atoms with E-state index < -0.39 is 35.9 Å². The number of methoxy groups -OCH3 is 1. The van der Waals surface area contributed by atoms with E-state index in [1.165, 1.54) is 37.4 Å². The number of hydrogen-bond acceptors (Lipinski definition) is 5. The first-order valence-corrected chi connectivity index (χ1v) is 14.2. The number of carbonyl (C=O) groups is 1. The smallest absolute Gasteiger partial charge is 0.398 e. The van der Waals surface area contributed by atoms with Crippen molar-refractivity contribution in [2.45, 2.75) is 50.4 Å². The van der Waals surface area contributed by atoms with E-state index in [1.807, 2.05) is 0 Å². The van der Waals surface area contributed by atoms with Gasteiger partial charge >= 0.3 is 6.18 Å². The first kappa shape index (κ1) is 31.8. The molecule has 6 nitrogen and oxygen atoms in total. The van der Waals surface area contributed by atoms with Crippen LogP contribution < -0.4 is 20.1 Å². The van der Waals surface area contributed by atoms with E-state index >= 15 is 0 Å². The van der Waals surface area contributed by atoms with Gasteiger partial charge in [0.2, 0.25) is 0 Å². The number of aromatic nitrogens is 1. The summed E-state index contributed by atoms with van der Waals surface area (Å²) < 4.78 is 68.4. The summed E-state index contributed by atoms with van der Waals surface area (Å²) in [5.74, 6) is -2.47. The number of carbonyl (C=O) groups excluding carboxylic acids is 1. The van der Waals surface area contributed by atoms with Crippen LogP contribution >= 0.6 is 23.2 Å². The van der Waals surface area contributed by atoms with Crippen molar-refractivity contribution in [3.63, 3.8) is 0 Å². The van der Waals surface area contributed by atoms with Gasteiger partial charge in [0.15, 0.2) is 11.5 Å². The monoisotopic (exact) mass is 627 g/mol. The third-order valence-electron chi connectivity index (χ3n) is 6.91. The van der Waals surface area contributed by atoms with E-state index in [4.69, 9.17) is 32.7 Å². The van der Waals surface area contributed by atoms with Crippen LogP contribution in [-0.4, -0.2) is 49.3 Å². The Morgan fingerprint density at radius 2 is 1.83 bits per heavy atom. The van der Waals surface area contributed by atoms with E-state index in [1.54, 1.807) is 26.0 Å². The minimum absolute atomic E-state index is 0.0975. The molecule has 2 N–H and O–H groups in total. The number of nitrogens with zero attached hydrogens (tertiary/aromatic N) is 1. The number of ether oxygens (including phenoxy) is 2. The molecule has 226 valence electrons. The second kappa shape index (κ2) is 13.1. The summed E-state index contributed by atoms with van der Waals surface area (Å²) in [4.78, 5) is 17.3. The first-order valence-electron chi connectivity index (χ1n) is 13.3. The molecule has 1 aliphatic carbocycles. The fourth-order valence-corrected chi connectivity index (χ4v) is 4.59. The largest absolute Gasteiger partial charge is 0.493 e. The van der Waals surface area contributed by atoms with Gasteiger partial charge in [0.05, 0.1) is 29.6 Å². The predicted molar refractivity (Wildman–Crippen MR) is 154 cm³/mol. The van der Waals surface area contributed by atoms with Gasteiger partial charge in [-0.2, -0.15) is 13.2 Å². The van der Waals surface area contributed by atoms with E-state index in [9.17, 15) is 22.4 Å². The summed E-state index contributed by atoms with van der Waals surface area (Å²) in [6.07, 6.45) is -2.81. The average molecular weight is 628 g/mol. The molecule has 2 aromatic carbocycles. The number of hydrogen-bond donors (Lipinski definition) is 2. The highest BCUT2D eigenvalue weighted by molar-refractivity contribution is 6.31. The number of nitrogens with one attached hydrogen (secondary N) is 2. The van der Waals surface area contributed by atoms with Gasteiger partial charge in [-0.05, 0) is 80.8 Å². The average Bonchev–Trinajstić information content (AvgIpc) is 3.77. The normalized spacial score (nSPS) is 14.4. The number of rotatable bonds is 12. The van der Waals surface area contributed by atoms with E-state index in [0.717, 1.165) is 18.9 Å². The second-order valence-electron chi connectivity index (χ2n) is 10.5. The van der Waals surface area contributed by atoms with Crippen molar-refractivity contribution in [2.75, 3.05) is 26.1 Å². The molecule has 1 aromatic heterocycles. The molecule has 0 spiro atoms. The Hall–Kier alpha value is -3.08. The van der Waals surface area contributed by atoms with E-state index in [2.05, 4.69) is 15.6 Å². The summed E-state index contributed by atoms with van der Waals surface area (Å²) in [6, 6.07) is 11.3. The van der Waals surface area contributed by atoms with Crippen LogP contribution in [0, 0.1) is 5.82 Å². The Morgan fingerprint density at radius 1 is 1.10 bits per heavy atom. The molecule has 1 heterocycles. The Balaban J connectivity index is 1.67. The number of halogens is 6. The zero-order valence-electron chi connectivity index (χ0n) is 23.2. The molecule has 3 aromatic rings. The molecule has 1 aliphatic rings. The maximum atomic E-state index is 14.5. The number of benzene rings is 2. The molecular formula is C30H31Cl2F4N3O3. The number of amides is 1. The highest BCUT2D eigenvalue weighted by Crippen LogP contribution is 2.38. The van der Waals surface area contributed by atoms with Gasteiger partial charge in [0.25, 0.3) is 5.91 Å². The highest BCUT2D eigenvalue weighted by Gasteiger charge is 2.42. The van der Waals surface area contributed by atoms with Crippen molar-refractivity contribution in [1.29, 1.82) is 0 Å². The molecule has 1 saturated carbocycles. The molecule has 0 bridgehead atoms. The van der Waals surface area contributed by atoms with Gasteiger partial charge in [-0.15, -0.1) is 11.6 Å². The molecule has 4 rings (SSSR count). The van der Waals surface area contributed by atoms with E-state index in [0.29, 0.717) is 29.2 Å². The molecule has 1 unspecified atom stereocenters. The Kier molecular flexibility index (Phi) is 9.90. The van der Waals surface area contributed by atoms with Gasteiger partial charge in [-0.3, -0.25) is 9.78 Å². The topological polar surface area (TPSA) is 72.5 Å². The van der Waals surface area contributed by atoms with Crippen LogP contribution in [-0.2, 0) is 5.54 Å². The quantitative estimate of drug-likeness (QED) is 0.164. The first-order chi connectivity index (χ1) is 19.8. The molecule has 0 aliphatic heterocycles. The standard InChI is InChI=1S/C30H31Cl2F4N3O3/c1-29(2,38-11-10-31)19-14-24(17-4-8-23(33)22(32)12-17)39-25(15-19)21(30(34,35)36)16-37-28(40)18-5-9-26(27(13-18)41-3)42-20-6-7-20/h4-5,8-9,12-15,20-21,38H,6-7,10-11,16H2,1-3H3,(H,37,40). The van der Waals surface area contributed by atoms with Crippen LogP contribution in [0.5, 0.6) is 11.5 Å². The summed E-state index contributed by atoms with van der Waals surface area (Å²) >= 11 is 11.8.